The van der Waals surface area contributed by atoms with Crippen molar-refractivity contribution in [2.24, 2.45) is 0 Å². The van der Waals surface area contributed by atoms with Crippen LogP contribution in [0, 0.1) is 5.21 Å². The van der Waals surface area contributed by atoms with Crippen molar-refractivity contribution in [3.8, 4) is 0 Å². The quantitative estimate of drug-likeness (QED) is 0.379. The van der Waals surface area contributed by atoms with Gasteiger partial charge in [-0.2, -0.15) is 8.94 Å². The molecule has 1 heterocycles. The number of hydrogen-bond donors (Lipinski definition) is 0. The Labute approximate surface area is 58.1 Å². The lowest BCUT2D eigenvalue weighted by atomic mass is 10.5. The molecule has 1 aromatic rings. The molecule has 4 heteroatoms. The fraction of sp³-hybridized carbons (Fsp3) is 0. The lowest BCUT2D eigenvalue weighted by Gasteiger charge is -1.88. The van der Waals surface area contributed by atoms with Crippen molar-refractivity contribution in [1.82, 2.24) is 0 Å². The Hall–Kier alpha value is -1.03. The molecule has 1 aromatic heterocycles. The molecule has 0 fully saturated rings. The summed E-state index contributed by atoms with van der Waals surface area (Å²) in [7, 11) is 0. The van der Waals surface area contributed by atoms with Gasteiger partial charge in [-0.15, -0.1) is 0 Å². The molecule has 0 saturated carbocycles. The molecule has 0 aliphatic heterocycles. The van der Waals surface area contributed by atoms with Crippen molar-refractivity contribution >= 4 is 12.5 Å². The molecular formula is C5H5NO2S. The van der Waals surface area contributed by atoms with Crippen LogP contribution in [0.25, 0.3) is 0 Å². The van der Waals surface area contributed by atoms with E-state index in [9.17, 15) is 5.21 Å². The van der Waals surface area contributed by atoms with Gasteiger partial charge < -0.3 is 5.21 Å². The average Bonchev–Trinajstić information content (AvgIpc) is 1.94. The number of nitrogens with zero attached hydrogens (tertiary/aromatic N) is 1. The van der Waals surface area contributed by atoms with Gasteiger partial charge in [-0.3, -0.25) is 0 Å². The van der Waals surface area contributed by atoms with Crippen LogP contribution in [0.1, 0.15) is 0 Å². The molecule has 0 N–H and O–H groups in total. The predicted molar refractivity (Wildman–Crippen MR) is 33.5 cm³/mol. The van der Waals surface area contributed by atoms with Crippen LogP contribution in [0.5, 0.6) is 0 Å². The minimum absolute atomic E-state index is 0.750. The summed E-state index contributed by atoms with van der Waals surface area (Å²) in [5, 5.41) is 10.2. The molecular weight excluding hydrogens is 138 g/mol. The lowest BCUT2D eigenvalue weighted by Crippen LogP contribution is -2.22. The van der Waals surface area contributed by atoms with E-state index in [2.05, 4.69) is 12.5 Å². The topological polar surface area (TPSA) is 44.0 Å². The molecule has 0 unspecified atom stereocenters. The highest BCUT2D eigenvalue weighted by atomic mass is 32.1. The number of hydrogen-bond acceptors (Lipinski definition) is 3. The molecule has 0 bridgehead atoms. The Morgan fingerprint density at radius 3 is 1.78 bits per heavy atom. The van der Waals surface area contributed by atoms with E-state index >= 15 is 0 Å². The molecule has 0 saturated heterocycles. The second-order valence-electron chi connectivity index (χ2n) is 1.24. The van der Waals surface area contributed by atoms with Crippen molar-refractivity contribution in [2.45, 2.75) is 0 Å². The van der Waals surface area contributed by atoms with Crippen LogP contribution in [-0.4, -0.2) is 4.21 Å². The van der Waals surface area contributed by atoms with Gasteiger partial charge in [0.2, 0.25) is 0 Å². The minimum Gasteiger partial charge on any atom is -0.619 e. The van der Waals surface area contributed by atoms with Crippen LogP contribution in [0.2, 0.25) is 0 Å². The van der Waals surface area contributed by atoms with Crippen LogP contribution in [0.15, 0.2) is 30.6 Å². The maximum absolute atomic E-state index is 10.2. The highest BCUT2D eigenvalue weighted by Crippen LogP contribution is 1.72. The Bertz CT molecular complexity index is 156. The van der Waals surface area contributed by atoms with Gasteiger partial charge in [-0.25, -0.2) is 0 Å². The zero-order valence-electron chi connectivity index (χ0n) is 4.56. The summed E-state index contributed by atoms with van der Waals surface area (Å²) >= 11 is 2.83. The second kappa shape index (κ2) is 5.11. The third kappa shape index (κ3) is 3.54. The van der Waals surface area contributed by atoms with Gasteiger partial charge in [-0.1, -0.05) is 6.07 Å². The largest absolute Gasteiger partial charge is 0.619 e. The van der Waals surface area contributed by atoms with Crippen LogP contribution in [0.4, 0.5) is 0 Å². The predicted octanol–water partition coefficient (Wildman–Crippen LogP) is -0.0163. The fourth-order valence-electron chi connectivity index (χ4n) is 0.383. The Morgan fingerprint density at radius 1 is 1.11 bits per heavy atom. The van der Waals surface area contributed by atoms with Gasteiger partial charge >= 0.3 is 0 Å². The lowest BCUT2D eigenvalue weighted by molar-refractivity contribution is -0.605. The van der Waals surface area contributed by atoms with Crippen molar-refractivity contribution in [3.63, 3.8) is 0 Å². The molecule has 0 amide bonds. The summed E-state index contributed by atoms with van der Waals surface area (Å²) in [6.45, 7) is 0. The average molecular weight is 143 g/mol. The van der Waals surface area contributed by atoms with Gasteiger partial charge in [-0.05, 0) is 0 Å². The number of rotatable bonds is 0. The van der Waals surface area contributed by atoms with Crippen molar-refractivity contribution in [3.05, 3.63) is 35.8 Å². The van der Waals surface area contributed by atoms with E-state index in [0.29, 0.717) is 0 Å². The summed E-state index contributed by atoms with van der Waals surface area (Å²) < 4.78 is 8.58. The van der Waals surface area contributed by atoms with Crippen LogP contribution in [-0.2, 0) is 12.5 Å². The summed E-state index contributed by atoms with van der Waals surface area (Å²) in [5.74, 6) is 0. The molecule has 9 heavy (non-hydrogen) atoms. The summed E-state index contributed by atoms with van der Waals surface area (Å²) in [6.07, 6.45) is 2.89. The molecule has 0 aliphatic carbocycles. The molecule has 0 aromatic carbocycles. The summed E-state index contributed by atoms with van der Waals surface area (Å²) in [6, 6.07) is 5.18. The van der Waals surface area contributed by atoms with Crippen LogP contribution < -0.4 is 4.73 Å². The first-order valence-corrected chi connectivity index (χ1v) is 2.53. The maximum atomic E-state index is 10.2. The van der Waals surface area contributed by atoms with E-state index in [1.807, 2.05) is 0 Å². The first-order valence-electron chi connectivity index (χ1n) is 2.20. The normalized spacial score (nSPS) is 7.11. The first-order chi connectivity index (χ1) is 4.39. The van der Waals surface area contributed by atoms with E-state index in [-0.39, 0.29) is 0 Å². The zero-order valence-corrected chi connectivity index (χ0v) is 5.38. The highest BCUT2D eigenvalue weighted by Gasteiger charge is 1.74. The van der Waals surface area contributed by atoms with E-state index in [4.69, 9.17) is 4.21 Å². The van der Waals surface area contributed by atoms with E-state index in [1.165, 1.54) is 12.4 Å². The van der Waals surface area contributed by atoms with Gasteiger partial charge in [0.15, 0.2) is 24.9 Å². The second-order valence-corrected chi connectivity index (χ2v) is 1.24. The smallest absolute Gasteiger partial charge is 0.197 e. The van der Waals surface area contributed by atoms with Crippen LogP contribution in [0.3, 0.4) is 0 Å². The Morgan fingerprint density at radius 2 is 1.56 bits per heavy atom. The molecule has 0 aliphatic rings. The first kappa shape index (κ1) is 7.97. The van der Waals surface area contributed by atoms with E-state index in [0.717, 1.165) is 4.73 Å². The molecule has 0 atom stereocenters. The molecule has 0 spiro atoms. The van der Waals surface area contributed by atoms with Gasteiger partial charge in [0.25, 0.3) is 0 Å². The monoisotopic (exact) mass is 143 g/mol. The highest BCUT2D eigenvalue weighted by molar-refractivity contribution is 7.44. The zero-order chi connectivity index (χ0) is 7.11. The standard InChI is InChI=1S/C5H5NO.OS/c7-6-4-2-1-3-5-6;1-2/h1-5H;. The molecule has 1 rings (SSSR count). The third-order valence-corrected chi connectivity index (χ3v) is 0.688. The summed E-state index contributed by atoms with van der Waals surface area (Å²) in [5.41, 5.74) is 0. The Kier molecular flexibility index (Phi) is 4.53. The van der Waals surface area contributed by atoms with Gasteiger partial charge in [0, 0.05) is 12.1 Å². The molecule has 0 radical (unpaired) electrons. The SMILES string of the molecule is O=S.[O-][n+]1ccccc1. The van der Waals surface area contributed by atoms with Crippen molar-refractivity contribution in [2.75, 3.05) is 0 Å². The Balaban J connectivity index is 0.000000291. The molecule has 3 nitrogen and oxygen atoms in total. The summed E-state index contributed by atoms with van der Waals surface area (Å²) in [4.78, 5) is 0. The van der Waals surface area contributed by atoms with E-state index < -0.39 is 0 Å². The van der Waals surface area contributed by atoms with Gasteiger partial charge in [0.1, 0.15) is 0 Å². The number of pyridine rings is 1. The van der Waals surface area contributed by atoms with Crippen molar-refractivity contribution < 1.29 is 8.94 Å². The third-order valence-electron chi connectivity index (χ3n) is 0.688. The van der Waals surface area contributed by atoms with E-state index in [1.54, 1.807) is 18.2 Å². The van der Waals surface area contributed by atoms with Gasteiger partial charge in [0.05, 0.1) is 0 Å². The number of aromatic nitrogens is 1. The fourth-order valence-corrected chi connectivity index (χ4v) is 0.383. The minimum atomic E-state index is 0.750. The maximum Gasteiger partial charge on any atom is 0.197 e. The molecule has 48 valence electrons. The van der Waals surface area contributed by atoms with Crippen LogP contribution >= 0.6 is 0 Å². The van der Waals surface area contributed by atoms with Crippen molar-refractivity contribution in [1.29, 1.82) is 0 Å².